The van der Waals surface area contributed by atoms with E-state index in [9.17, 15) is 19.2 Å². The van der Waals surface area contributed by atoms with Gasteiger partial charge in [0.15, 0.2) is 12.2 Å². The first-order valence-corrected chi connectivity index (χ1v) is 11.1. The van der Waals surface area contributed by atoms with E-state index in [0.29, 0.717) is 16.2 Å². The van der Waals surface area contributed by atoms with Gasteiger partial charge in [-0.05, 0) is 23.9 Å². The van der Waals surface area contributed by atoms with Gasteiger partial charge in [-0.1, -0.05) is 17.3 Å². The van der Waals surface area contributed by atoms with Gasteiger partial charge in [0.1, 0.15) is 17.8 Å². The number of rotatable bonds is 6. The number of ether oxygens (including phenoxy) is 5. The molecule has 0 saturated carbocycles. The molecule has 0 aliphatic carbocycles. The largest absolute Gasteiger partial charge is 0.463 e. The predicted molar refractivity (Wildman–Crippen MR) is 117 cm³/mol. The molecule has 0 amide bonds. The fraction of sp³-hybridized carbons (Fsp3) is 0.455. The van der Waals surface area contributed by atoms with E-state index in [4.69, 9.17) is 33.8 Å². The Morgan fingerprint density at radius 1 is 0.971 bits per heavy atom. The van der Waals surface area contributed by atoms with Gasteiger partial charge in [0.05, 0.1) is 11.6 Å². The molecule has 5 atom stereocenters. The van der Waals surface area contributed by atoms with Gasteiger partial charge in [-0.2, -0.15) is 5.26 Å². The highest BCUT2D eigenvalue weighted by molar-refractivity contribution is 8.15. The highest BCUT2D eigenvalue weighted by Gasteiger charge is 2.65. The van der Waals surface area contributed by atoms with Crippen molar-refractivity contribution in [3.63, 3.8) is 0 Å². The third-order valence-corrected chi connectivity index (χ3v) is 5.95. The highest BCUT2D eigenvalue weighted by atomic mass is 32.2. The number of hydrogen-bond donors (Lipinski definition) is 0. The Morgan fingerprint density at radius 2 is 1.57 bits per heavy atom. The summed E-state index contributed by atoms with van der Waals surface area (Å²) in [5.74, 6) is -2.89. The minimum Gasteiger partial charge on any atom is -0.463 e. The van der Waals surface area contributed by atoms with E-state index in [0.717, 1.165) is 32.5 Å². The van der Waals surface area contributed by atoms with E-state index in [1.807, 2.05) is 6.07 Å². The van der Waals surface area contributed by atoms with Gasteiger partial charge in [0.2, 0.25) is 6.10 Å². The average Bonchev–Trinajstić information content (AvgIpc) is 3.21. The topological polar surface area (TPSA) is 160 Å². The summed E-state index contributed by atoms with van der Waals surface area (Å²) in [6, 6.07) is 8.45. The van der Waals surface area contributed by atoms with Crippen LogP contribution in [0.25, 0.3) is 0 Å². The minimum atomic E-state index is -1.88. The van der Waals surface area contributed by atoms with Crippen LogP contribution in [0, 0.1) is 11.3 Å². The van der Waals surface area contributed by atoms with Crippen LogP contribution in [0.2, 0.25) is 0 Å². The van der Waals surface area contributed by atoms with Crippen LogP contribution in [-0.4, -0.2) is 65.1 Å². The molecule has 1 spiro atoms. The SMILES string of the molecule is CC(=O)OCC1O[C@]2(ON=C(c3ccc(C#N)cc3)S2)C(OC(C)=O)C(OC(C)=O)[C@@H]1OC(C)=O. The molecule has 3 rings (SSSR count). The molecule has 35 heavy (non-hydrogen) atoms. The molecule has 186 valence electrons. The summed E-state index contributed by atoms with van der Waals surface area (Å²) in [6.07, 6.45) is -5.32. The van der Waals surface area contributed by atoms with Crippen molar-refractivity contribution < 1.29 is 47.7 Å². The molecule has 1 saturated heterocycles. The van der Waals surface area contributed by atoms with E-state index >= 15 is 0 Å². The number of benzene rings is 1. The first kappa shape index (κ1) is 26.0. The van der Waals surface area contributed by atoms with Gasteiger partial charge < -0.3 is 28.5 Å². The van der Waals surface area contributed by atoms with Gasteiger partial charge in [0.25, 0.3) is 0 Å². The normalized spacial score (nSPS) is 27.1. The minimum absolute atomic E-state index is 0.311. The van der Waals surface area contributed by atoms with Crippen molar-refractivity contribution in [1.29, 1.82) is 5.26 Å². The lowest BCUT2D eigenvalue weighted by atomic mass is 9.98. The molecule has 1 aromatic rings. The van der Waals surface area contributed by atoms with Crippen LogP contribution in [-0.2, 0) is 47.7 Å². The first-order valence-electron chi connectivity index (χ1n) is 10.3. The standard InChI is InChI=1S/C22H22N2O10S/c1-11(25)29-10-17-18(30-12(2)26)19(31-13(3)27)20(32-14(4)28)22(33-17)34-24-21(35-22)16-7-5-15(9-23)6-8-16/h5-8,17-20H,10H2,1-4H3/t17?,18-,19?,20?,22+/m1/s1. The highest BCUT2D eigenvalue weighted by Crippen LogP contribution is 2.48. The second-order valence-electron chi connectivity index (χ2n) is 7.52. The van der Waals surface area contributed by atoms with Crippen molar-refractivity contribution in [2.75, 3.05) is 6.61 Å². The lowest BCUT2D eigenvalue weighted by molar-refractivity contribution is -0.323. The predicted octanol–water partition coefficient (Wildman–Crippen LogP) is 1.39. The maximum absolute atomic E-state index is 12.0. The van der Waals surface area contributed by atoms with Crippen molar-refractivity contribution >= 4 is 40.7 Å². The Labute approximate surface area is 204 Å². The van der Waals surface area contributed by atoms with Crippen molar-refractivity contribution in [3.8, 4) is 6.07 Å². The van der Waals surface area contributed by atoms with Gasteiger partial charge in [-0.3, -0.25) is 19.2 Å². The summed E-state index contributed by atoms with van der Waals surface area (Å²) in [5, 5.41) is 11.5. The summed E-state index contributed by atoms with van der Waals surface area (Å²) in [7, 11) is 0. The number of hydrogen-bond acceptors (Lipinski definition) is 13. The third kappa shape index (κ3) is 6.09. The lowest BCUT2D eigenvalue weighted by Crippen LogP contribution is -2.67. The van der Waals surface area contributed by atoms with Crippen LogP contribution < -0.4 is 0 Å². The molecule has 1 fully saturated rings. The molecule has 12 nitrogen and oxygen atoms in total. The third-order valence-electron chi connectivity index (χ3n) is 4.76. The second-order valence-corrected chi connectivity index (χ2v) is 8.68. The lowest BCUT2D eigenvalue weighted by Gasteiger charge is -2.47. The molecule has 13 heteroatoms. The number of esters is 4. The molecule has 1 aromatic carbocycles. The van der Waals surface area contributed by atoms with Crippen LogP contribution in [0.1, 0.15) is 38.8 Å². The van der Waals surface area contributed by atoms with E-state index in [-0.39, 0.29) is 0 Å². The van der Waals surface area contributed by atoms with Gasteiger partial charge in [0, 0.05) is 33.3 Å². The molecular formula is C22H22N2O10S. The maximum Gasteiger partial charge on any atom is 0.332 e. The van der Waals surface area contributed by atoms with E-state index < -0.39 is 60.0 Å². The molecule has 2 heterocycles. The fourth-order valence-electron chi connectivity index (χ4n) is 3.46. The van der Waals surface area contributed by atoms with Gasteiger partial charge in [-0.15, -0.1) is 0 Å². The Balaban J connectivity index is 2.02. The molecule has 0 radical (unpaired) electrons. The Morgan fingerprint density at radius 3 is 2.11 bits per heavy atom. The average molecular weight is 506 g/mol. The van der Waals surface area contributed by atoms with E-state index in [2.05, 4.69) is 5.16 Å². The number of carbonyl (C=O) groups is 4. The molecule has 0 aromatic heterocycles. The van der Waals surface area contributed by atoms with Crippen molar-refractivity contribution in [1.82, 2.24) is 0 Å². The van der Waals surface area contributed by atoms with Crippen LogP contribution in [0.3, 0.4) is 0 Å². The molecule has 2 aliphatic rings. The summed E-state index contributed by atoms with van der Waals surface area (Å²) < 4.78 is 27.3. The number of thioether (sulfide) groups is 1. The monoisotopic (exact) mass is 506 g/mol. The zero-order chi connectivity index (χ0) is 25.8. The van der Waals surface area contributed by atoms with Crippen LogP contribution in [0.15, 0.2) is 29.4 Å². The molecule has 0 bridgehead atoms. The Bertz CT molecular complexity index is 1080. The van der Waals surface area contributed by atoms with Crippen molar-refractivity contribution in [2.45, 2.75) is 57.2 Å². The Hall–Kier alpha value is -3.63. The van der Waals surface area contributed by atoms with E-state index in [1.54, 1.807) is 24.3 Å². The molecule has 0 N–H and O–H groups in total. The molecular weight excluding hydrogens is 484 g/mol. The molecule has 3 unspecified atom stereocenters. The summed E-state index contributed by atoms with van der Waals surface area (Å²) in [5.41, 5.74) is 0.999. The number of nitriles is 1. The first-order chi connectivity index (χ1) is 16.5. The van der Waals surface area contributed by atoms with Crippen LogP contribution >= 0.6 is 11.8 Å². The number of oxime groups is 1. The summed E-state index contributed by atoms with van der Waals surface area (Å²) in [6.45, 7) is 4.17. The summed E-state index contributed by atoms with van der Waals surface area (Å²) in [4.78, 5) is 52.9. The zero-order valence-electron chi connectivity index (χ0n) is 19.2. The molecule has 2 aliphatic heterocycles. The Kier molecular flexibility index (Phi) is 7.98. The smallest absolute Gasteiger partial charge is 0.332 e. The maximum atomic E-state index is 12.0. The van der Waals surface area contributed by atoms with Crippen LogP contribution in [0.5, 0.6) is 0 Å². The van der Waals surface area contributed by atoms with Crippen molar-refractivity contribution in [2.24, 2.45) is 5.16 Å². The zero-order valence-corrected chi connectivity index (χ0v) is 20.0. The van der Waals surface area contributed by atoms with E-state index in [1.165, 1.54) is 6.92 Å². The quantitative estimate of drug-likeness (QED) is 0.403. The second kappa shape index (κ2) is 10.7. The van der Waals surface area contributed by atoms with Crippen LogP contribution in [0.4, 0.5) is 0 Å². The van der Waals surface area contributed by atoms with Gasteiger partial charge in [-0.25, -0.2) is 0 Å². The van der Waals surface area contributed by atoms with Crippen molar-refractivity contribution in [3.05, 3.63) is 35.4 Å². The number of carbonyl (C=O) groups excluding carboxylic acids is 4. The fourth-order valence-corrected chi connectivity index (χ4v) is 4.61. The van der Waals surface area contributed by atoms with Gasteiger partial charge >= 0.3 is 29.0 Å². The number of nitrogens with zero attached hydrogens (tertiary/aromatic N) is 2. The summed E-state index contributed by atoms with van der Waals surface area (Å²) >= 11 is 0.914.